The van der Waals surface area contributed by atoms with Crippen molar-refractivity contribution in [3.05, 3.63) is 11.3 Å². The fraction of sp³-hybridized carbons (Fsp3) is 0.625. The molecule has 60 valence electrons. The van der Waals surface area contributed by atoms with Crippen LogP contribution in [0.4, 0.5) is 0 Å². The standard InChI is InChI=1S/C8H11NO2/c1-5-7(4-6-2-3-6)8(10)11-9-5/h6,10H,2-4H2,1H3. The summed E-state index contributed by atoms with van der Waals surface area (Å²) in [7, 11) is 0. The van der Waals surface area contributed by atoms with Crippen LogP contribution in [0.2, 0.25) is 0 Å². The van der Waals surface area contributed by atoms with E-state index in [0.29, 0.717) is 0 Å². The summed E-state index contributed by atoms with van der Waals surface area (Å²) >= 11 is 0. The van der Waals surface area contributed by atoms with Crippen molar-refractivity contribution in [3.8, 4) is 5.95 Å². The Labute approximate surface area is 65.0 Å². The fourth-order valence-electron chi connectivity index (χ4n) is 1.22. The van der Waals surface area contributed by atoms with E-state index in [9.17, 15) is 5.11 Å². The third-order valence-corrected chi connectivity index (χ3v) is 2.15. The first-order chi connectivity index (χ1) is 5.27. The quantitative estimate of drug-likeness (QED) is 0.702. The molecule has 1 aromatic heterocycles. The SMILES string of the molecule is Cc1noc(O)c1CC1CC1. The van der Waals surface area contributed by atoms with Crippen molar-refractivity contribution in [2.24, 2.45) is 5.92 Å². The zero-order valence-electron chi connectivity index (χ0n) is 6.50. The van der Waals surface area contributed by atoms with Crippen LogP contribution in [0.5, 0.6) is 5.95 Å². The van der Waals surface area contributed by atoms with Crippen molar-refractivity contribution in [1.29, 1.82) is 0 Å². The Morgan fingerprint density at radius 3 is 2.82 bits per heavy atom. The highest BCUT2D eigenvalue weighted by atomic mass is 16.5. The maximum absolute atomic E-state index is 9.18. The first-order valence-corrected chi connectivity index (χ1v) is 3.91. The van der Waals surface area contributed by atoms with Gasteiger partial charge in [0.25, 0.3) is 0 Å². The van der Waals surface area contributed by atoms with E-state index in [2.05, 4.69) is 9.68 Å². The molecule has 1 heterocycles. The largest absolute Gasteiger partial charge is 0.479 e. The molecule has 3 nitrogen and oxygen atoms in total. The Morgan fingerprint density at radius 1 is 1.64 bits per heavy atom. The summed E-state index contributed by atoms with van der Waals surface area (Å²) in [4.78, 5) is 0. The molecule has 0 saturated heterocycles. The van der Waals surface area contributed by atoms with Gasteiger partial charge in [0.2, 0.25) is 0 Å². The molecule has 0 radical (unpaired) electrons. The molecule has 2 rings (SSSR count). The van der Waals surface area contributed by atoms with E-state index < -0.39 is 0 Å². The molecule has 0 bridgehead atoms. The lowest BCUT2D eigenvalue weighted by Gasteiger charge is -1.93. The van der Waals surface area contributed by atoms with Crippen molar-refractivity contribution < 1.29 is 9.63 Å². The molecule has 1 saturated carbocycles. The smallest absolute Gasteiger partial charge is 0.312 e. The van der Waals surface area contributed by atoms with Gasteiger partial charge in [-0.25, -0.2) is 0 Å². The molecular weight excluding hydrogens is 142 g/mol. The van der Waals surface area contributed by atoms with E-state index in [1.807, 2.05) is 6.92 Å². The Kier molecular flexibility index (Phi) is 1.37. The van der Waals surface area contributed by atoms with Crippen LogP contribution < -0.4 is 0 Å². The first-order valence-electron chi connectivity index (χ1n) is 3.91. The third kappa shape index (κ3) is 1.23. The molecule has 1 fully saturated rings. The third-order valence-electron chi connectivity index (χ3n) is 2.15. The Hall–Kier alpha value is -0.990. The Balaban J connectivity index is 2.19. The second-order valence-electron chi connectivity index (χ2n) is 3.20. The summed E-state index contributed by atoms with van der Waals surface area (Å²) in [5, 5.41) is 12.9. The van der Waals surface area contributed by atoms with Crippen LogP contribution in [0, 0.1) is 12.8 Å². The van der Waals surface area contributed by atoms with Crippen molar-refractivity contribution in [3.63, 3.8) is 0 Å². The highest BCUT2D eigenvalue weighted by molar-refractivity contribution is 5.26. The summed E-state index contributed by atoms with van der Waals surface area (Å²) in [6, 6.07) is 0. The normalized spacial score (nSPS) is 17.2. The molecule has 0 spiro atoms. The number of hydrogen-bond acceptors (Lipinski definition) is 3. The first kappa shape index (κ1) is 6.70. The lowest BCUT2D eigenvalue weighted by atomic mass is 10.1. The van der Waals surface area contributed by atoms with Gasteiger partial charge in [-0.1, -0.05) is 5.16 Å². The van der Waals surface area contributed by atoms with Gasteiger partial charge < -0.3 is 9.63 Å². The van der Waals surface area contributed by atoms with E-state index >= 15 is 0 Å². The lowest BCUT2D eigenvalue weighted by Crippen LogP contribution is -1.87. The zero-order chi connectivity index (χ0) is 7.84. The molecule has 1 aromatic rings. The van der Waals surface area contributed by atoms with Gasteiger partial charge in [0.15, 0.2) is 0 Å². The minimum Gasteiger partial charge on any atom is -0.479 e. The van der Waals surface area contributed by atoms with Crippen LogP contribution in [-0.4, -0.2) is 10.3 Å². The second kappa shape index (κ2) is 2.26. The van der Waals surface area contributed by atoms with Crippen LogP contribution in [0.25, 0.3) is 0 Å². The lowest BCUT2D eigenvalue weighted by molar-refractivity contribution is 0.273. The van der Waals surface area contributed by atoms with E-state index in [1.54, 1.807) is 0 Å². The van der Waals surface area contributed by atoms with Gasteiger partial charge in [-0.15, -0.1) is 0 Å². The second-order valence-corrected chi connectivity index (χ2v) is 3.20. The van der Waals surface area contributed by atoms with Gasteiger partial charge >= 0.3 is 5.95 Å². The van der Waals surface area contributed by atoms with Crippen LogP contribution >= 0.6 is 0 Å². The highest BCUT2D eigenvalue weighted by Gasteiger charge is 2.25. The summed E-state index contributed by atoms with van der Waals surface area (Å²) in [5.41, 5.74) is 1.72. The predicted molar refractivity (Wildman–Crippen MR) is 39.3 cm³/mol. The summed E-state index contributed by atoms with van der Waals surface area (Å²) in [6.07, 6.45) is 3.50. The molecule has 0 aromatic carbocycles. The predicted octanol–water partition coefficient (Wildman–Crippen LogP) is 1.64. The van der Waals surface area contributed by atoms with Crippen molar-refractivity contribution in [2.45, 2.75) is 26.2 Å². The maximum Gasteiger partial charge on any atom is 0.312 e. The minimum absolute atomic E-state index is 0.00870. The molecule has 1 N–H and O–H groups in total. The van der Waals surface area contributed by atoms with Crippen molar-refractivity contribution in [2.75, 3.05) is 0 Å². The van der Waals surface area contributed by atoms with Gasteiger partial charge in [-0.05, 0) is 32.1 Å². The topological polar surface area (TPSA) is 46.3 Å². The molecule has 3 heteroatoms. The summed E-state index contributed by atoms with van der Waals surface area (Å²) in [5.74, 6) is 0.772. The molecule has 11 heavy (non-hydrogen) atoms. The maximum atomic E-state index is 9.18. The molecule has 0 amide bonds. The number of aromatic hydroxyl groups is 1. The van der Waals surface area contributed by atoms with E-state index in [-0.39, 0.29) is 5.95 Å². The van der Waals surface area contributed by atoms with Gasteiger partial charge in [0.1, 0.15) is 0 Å². The number of nitrogens with zero attached hydrogens (tertiary/aromatic N) is 1. The number of rotatable bonds is 2. The average molecular weight is 153 g/mol. The number of aryl methyl sites for hydroxylation is 1. The molecule has 0 atom stereocenters. The van der Waals surface area contributed by atoms with Crippen LogP contribution in [0.3, 0.4) is 0 Å². The average Bonchev–Trinajstić information content (AvgIpc) is 2.73. The monoisotopic (exact) mass is 153 g/mol. The molecule has 0 aliphatic heterocycles. The Morgan fingerprint density at radius 2 is 2.36 bits per heavy atom. The van der Waals surface area contributed by atoms with Gasteiger partial charge in [0, 0.05) is 0 Å². The van der Waals surface area contributed by atoms with E-state index in [4.69, 9.17) is 0 Å². The van der Waals surface area contributed by atoms with E-state index in [0.717, 1.165) is 23.6 Å². The minimum atomic E-state index is 0.00870. The fourth-order valence-corrected chi connectivity index (χ4v) is 1.22. The van der Waals surface area contributed by atoms with Gasteiger partial charge in [-0.3, -0.25) is 0 Å². The van der Waals surface area contributed by atoms with Gasteiger partial charge in [0.05, 0.1) is 11.3 Å². The summed E-state index contributed by atoms with van der Waals surface area (Å²) in [6.45, 7) is 1.86. The van der Waals surface area contributed by atoms with Crippen LogP contribution in [-0.2, 0) is 6.42 Å². The molecular formula is C8H11NO2. The number of hydrogen-bond donors (Lipinski definition) is 1. The van der Waals surface area contributed by atoms with Gasteiger partial charge in [-0.2, -0.15) is 0 Å². The Bertz CT molecular complexity index is 244. The van der Waals surface area contributed by atoms with Crippen molar-refractivity contribution in [1.82, 2.24) is 5.16 Å². The van der Waals surface area contributed by atoms with Crippen LogP contribution in [0.1, 0.15) is 24.1 Å². The summed E-state index contributed by atoms with van der Waals surface area (Å²) < 4.78 is 4.63. The highest BCUT2D eigenvalue weighted by Crippen LogP contribution is 2.35. The molecule has 1 aliphatic carbocycles. The zero-order valence-corrected chi connectivity index (χ0v) is 6.50. The molecule has 1 aliphatic rings. The van der Waals surface area contributed by atoms with E-state index in [1.165, 1.54) is 12.8 Å². The van der Waals surface area contributed by atoms with Crippen LogP contribution in [0.15, 0.2) is 4.52 Å². The number of aromatic nitrogens is 1. The van der Waals surface area contributed by atoms with Crippen molar-refractivity contribution >= 4 is 0 Å². The molecule has 0 unspecified atom stereocenters.